The van der Waals surface area contributed by atoms with Crippen LogP contribution in [0.25, 0.3) is 0 Å². The molecule has 2 aromatic carbocycles. The van der Waals surface area contributed by atoms with Crippen LogP contribution in [0.2, 0.25) is 0 Å². The molecule has 0 radical (unpaired) electrons. The lowest BCUT2D eigenvalue weighted by Crippen LogP contribution is -2.13. The number of nitrogens with one attached hydrogen (secondary N) is 1. The minimum Gasteiger partial charge on any atom is -0.496 e. The van der Waals surface area contributed by atoms with Gasteiger partial charge in [0.2, 0.25) is 0 Å². The first kappa shape index (κ1) is 13.1. The quantitative estimate of drug-likeness (QED) is 0.910. The van der Waals surface area contributed by atoms with Gasteiger partial charge in [0.25, 0.3) is 5.91 Å². The molecule has 0 aromatic heterocycles. The molecule has 98 valence electrons. The molecular formula is C16H17NO2. The summed E-state index contributed by atoms with van der Waals surface area (Å²) in [7, 11) is 1.56. The number of benzene rings is 2. The smallest absolute Gasteiger partial charge is 0.259 e. The molecule has 0 aliphatic rings. The fourth-order valence-corrected chi connectivity index (χ4v) is 1.98. The molecular weight excluding hydrogens is 238 g/mol. The van der Waals surface area contributed by atoms with Crippen molar-refractivity contribution >= 4 is 11.6 Å². The number of carbonyl (C=O) groups excluding carboxylic acids is 1. The second-order valence-electron chi connectivity index (χ2n) is 4.47. The summed E-state index contributed by atoms with van der Waals surface area (Å²) in [5.41, 5.74) is 3.57. The zero-order chi connectivity index (χ0) is 13.8. The monoisotopic (exact) mass is 255 g/mol. The lowest BCUT2D eigenvalue weighted by molar-refractivity contribution is 0.102. The maximum Gasteiger partial charge on any atom is 0.259 e. The Balaban J connectivity index is 2.26. The summed E-state index contributed by atoms with van der Waals surface area (Å²) in [5, 5.41) is 2.91. The van der Waals surface area contributed by atoms with Crippen LogP contribution in [-0.2, 0) is 0 Å². The van der Waals surface area contributed by atoms with Gasteiger partial charge in [0.1, 0.15) is 5.75 Å². The van der Waals surface area contributed by atoms with Crippen LogP contribution in [0.5, 0.6) is 5.75 Å². The van der Waals surface area contributed by atoms with Crippen molar-refractivity contribution in [3.8, 4) is 5.75 Å². The van der Waals surface area contributed by atoms with Crippen molar-refractivity contribution in [2.75, 3.05) is 12.4 Å². The van der Waals surface area contributed by atoms with E-state index in [0.29, 0.717) is 11.3 Å². The van der Waals surface area contributed by atoms with Crippen molar-refractivity contribution in [1.82, 2.24) is 0 Å². The minimum absolute atomic E-state index is 0.163. The third-order valence-electron chi connectivity index (χ3n) is 2.98. The molecule has 0 heterocycles. The summed E-state index contributed by atoms with van der Waals surface area (Å²) in [6.07, 6.45) is 0. The van der Waals surface area contributed by atoms with Gasteiger partial charge < -0.3 is 10.1 Å². The molecule has 3 nitrogen and oxygen atoms in total. The highest BCUT2D eigenvalue weighted by Crippen LogP contribution is 2.21. The number of anilines is 1. The number of methoxy groups -OCH3 is 1. The molecule has 3 heteroatoms. The van der Waals surface area contributed by atoms with E-state index in [4.69, 9.17) is 4.74 Å². The highest BCUT2D eigenvalue weighted by atomic mass is 16.5. The van der Waals surface area contributed by atoms with Gasteiger partial charge in [0.15, 0.2) is 0 Å². The van der Waals surface area contributed by atoms with Crippen LogP contribution in [0.15, 0.2) is 42.5 Å². The van der Waals surface area contributed by atoms with E-state index in [1.807, 2.05) is 44.2 Å². The number of aryl methyl sites for hydroxylation is 2. The Hall–Kier alpha value is -2.29. The van der Waals surface area contributed by atoms with Crippen LogP contribution in [0, 0.1) is 13.8 Å². The summed E-state index contributed by atoms with van der Waals surface area (Å²) < 4.78 is 5.19. The number of ether oxygens (including phenoxy) is 1. The van der Waals surface area contributed by atoms with Crippen LogP contribution in [0.4, 0.5) is 5.69 Å². The van der Waals surface area contributed by atoms with Crippen LogP contribution >= 0.6 is 0 Å². The lowest BCUT2D eigenvalue weighted by Gasteiger charge is -2.11. The minimum atomic E-state index is -0.163. The predicted molar refractivity (Wildman–Crippen MR) is 76.9 cm³/mol. The fourth-order valence-electron chi connectivity index (χ4n) is 1.98. The predicted octanol–water partition coefficient (Wildman–Crippen LogP) is 3.56. The van der Waals surface area contributed by atoms with Crippen LogP contribution in [-0.4, -0.2) is 13.0 Å². The third kappa shape index (κ3) is 2.94. The Bertz CT molecular complexity index is 605. The van der Waals surface area contributed by atoms with Gasteiger partial charge in [0.05, 0.1) is 12.7 Å². The standard InChI is InChI=1S/C16H17NO2/c1-11-8-9-14(12(2)10-11)17-16(18)13-6-4-5-7-15(13)19-3/h4-10H,1-3H3,(H,17,18). The summed E-state index contributed by atoms with van der Waals surface area (Å²) in [5.74, 6) is 0.411. The van der Waals surface area contributed by atoms with Crippen molar-refractivity contribution in [2.45, 2.75) is 13.8 Å². The summed E-state index contributed by atoms with van der Waals surface area (Å²) in [6.45, 7) is 4.00. The molecule has 0 fully saturated rings. The number of para-hydroxylation sites is 1. The Morgan fingerprint density at radius 3 is 2.53 bits per heavy atom. The first-order valence-electron chi connectivity index (χ1n) is 6.13. The van der Waals surface area contributed by atoms with Crippen LogP contribution in [0.1, 0.15) is 21.5 Å². The van der Waals surface area contributed by atoms with Gasteiger partial charge in [0, 0.05) is 5.69 Å². The van der Waals surface area contributed by atoms with E-state index in [0.717, 1.165) is 11.3 Å². The summed E-state index contributed by atoms with van der Waals surface area (Å²) >= 11 is 0. The molecule has 0 atom stereocenters. The first-order chi connectivity index (χ1) is 9.11. The van der Waals surface area contributed by atoms with Crippen molar-refractivity contribution in [3.05, 3.63) is 59.2 Å². The Morgan fingerprint density at radius 2 is 1.84 bits per heavy atom. The molecule has 0 spiro atoms. The number of amides is 1. The van der Waals surface area contributed by atoms with Gasteiger partial charge in [-0.3, -0.25) is 4.79 Å². The molecule has 2 aromatic rings. The van der Waals surface area contributed by atoms with E-state index in [1.54, 1.807) is 19.2 Å². The normalized spacial score (nSPS) is 10.1. The molecule has 0 unspecified atom stereocenters. The largest absolute Gasteiger partial charge is 0.496 e. The second-order valence-corrected chi connectivity index (χ2v) is 4.47. The van der Waals surface area contributed by atoms with Crippen LogP contribution < -0.4 is 10.1 Å². The van der Waals surface area contributed by atoms with Crippen molar-refractivity contribution < 1.29 is 9.53 Å². The van der Waals surface area contributed by atoms with Crippen molar-refractivity contribution in [1.29, 1.82) is 0 Å². The van der Waals surface area contributed by atoms with E-state index >= 15 is 0 Å². The van der Waals surface area contributed by atoms with Crippen LogP contribution in [0.3, 0.4) is 0 Å². The average molecular weight is 255 g/mol. The van der Waals surface area contributed by atoms with Gasteiger partial charge in [-0.25, -0.2) is 0 Å². The average Bonchev–Trinajstić information content (AvgIpc) is 2.41. The molecule has 2 rings (SSSR count). The molecule has 1 amide bonds. The highest BCUT2D eigenvalue weighted by Gasteiger charge is 2.12. The van der Waals surface area contributed by atoms with E-state index in [1.165, 1.54) is 5.56 Å². The molecule has 1 N–H and O–H groups in total. The van der Waals surface area contributed by atoms with Crippen molar-refractivity contribution in [3.63, 3.8) is 0 Å². The summed E-state index contributed by atoms with van der Waals surface area (Å²) in [4.78, 5) is 12.2. The van der Waals surface area contributed by atoms with Crippen molar-refractivity contribution in [2.24, 2.45) is 0 Å². The van der Waals surface area contributed by atoms with E-state index < -0.39 is 0 Å². The molecule has 19 heavy (non-hydrogen) atoms. The third-order valence-corrected chi connectivity index (χ3v) is 2.98. The van der Waals surface area contributed by atoms with Gasteiger partial charge in [-0.15, -0.1) is 0 Å². The summed E-state index contributed by atoms with van der Waals surface area (Å²) in [6, 6.07) is 13.1. The van der Waals surface area contributed by atoms with Gasteiger partial charge in [-0.2, -0.15) is 0 Å². The van der Waals surface area contributed by atoms with E-state index in [9.17, 15) is 4.79 Å². The molecule has 0 saturated heterocycles. The zero-order valence-corrected chi connectivity index (χ0v) is 11.4. The first-order valence-corrected chi connectivity index (χ1v) is 6.13. The lowest BCUT2D eigenvalue weighted by atomic mass is 10.1. The Morgan fingerprint density at radius 1 is 1.11 bits per heavy atom. The fraction of sp³-hybridized carbons (Fsp3) is 0.188. The Labute approximate surface area is 113 Å². The second kappa shape index (κ2) is 5.57. The molecule has 0 aliphatic heterocycles. The highest BCUT2D eigenvalue weighted by molar-refractivity contribution is 6.06. The number of carbonyl (C=O) groups is 1. The zero-order valence-electron chi connectivity index (χ0n) is 11.4. The molecule has 0 saturated carbocycles. The number of hydrogen-bond acceptors (Lipinski definition) is 2. The van der Waals surface area contributed by atoms with E-state index in [-0.39, 0.29) is 5.91 Å². The topological polar surface area (TPSA) is 38.3 Å². The maximum atomic E-state index is 12.2. The van der Waals surface area contributed by atoms with E-state index in [2.05, 4.69) is 5.32 Å². The number of rotatable bonds is 3. The molecule has 0 aliphatic carbocycles. The molecule has 0 bridgehead atoms. The Kier molecular flexibility index (Phi) is 3.85. The SMILES string of the molecule is COc1ccccc1C(=O)Nc1ccc(C)cc1C. The number of hydrogen-bond donors (Lipinski definition) is 1. The van der Waals surface area contributed by atoms with Gasteiger partial charge >= 0.3 is 0 Å². The maximum absolute atomic E-state index is 12.2. The van der Waals surface area contributed by atoms with Gasteiger partial charge in [-0.1, -0.05) is 29.8 Å². The van der Waals surface area contributed by atoms with Gasteiger partial charge in [-0.05, 0) is 37.6 Å².